The van der Waals surface area contributed by atoms with Gasteiger partial charge < -0.3 is 4.74 Å². The molecule has 0 aliphatic carbocycles. The van der Waals surface area contributed by atoms with Crippen molar-refractivity contribution in [3.05, 3.63) is 41.2 Å². The summed E-state index contributed by atoms with van der Waals surface area (Å²) in [6.45, 7) is 1.78. The number of hydrogen-bond acceptors (Lipinski definition) is 4. The van der Waals surface area contributed by atoms with E-state index >= 15 is 0 Å². The lowest BCUT2D eigenvalue weighted by molar-refractivity contribution is 0.0592. The Bertz CT molecular complexity index is 605. The first-order valence-corrected chi connectivity index (χ1v) is 5.56. The van der Waals surface area contributed by atoms with Crippen LogP contribution in [0.25, 0.3) is 5.69 Å². The molecule has 19 heavy (non-hydrogen) atoms. The van der Waals surface area contributed by atoms with Crippen molar-refractivity contribution in [2.75, 3.05) is 7.11 Å². The van der Waals surface area contributed by atoms with E-state index in [9.17, 15) is 13.6 Å². The molecule has 1 aromatic carbocycles. The summed E-state index contributed by atoms with van der Waals surface area (Å²) in [6, 6.07) is 2.98. The van der Waals surface area contributed by atoms with Gasteiger partial charge in [0.15, 0.2) is 5.69 Å². The normalized spacial score (nSPS) is 10.5. The number of esters is 1. The fourth-order valence-corrected chi connectivity index (χ4v) is 1.74. The number of nitrogens with zero attached hydrogens (tertiary/aromatic N) is 3. The molecular formula is C12H11F2N3O2. The lowest BCUT2D eigenvalue weighted by Gasteiger charge is -2.05. The Morgan fingerprint density at radius 3 is 2.47 bits per heavy atom. The highest BCUT2D eigenvalue weighted by atomic mass is 19.1. The van der Waals surface area contributed by atoms with Gasteiger partial charge in [0.05, 0.1) is 18.5 Å². The molecule has 0 aliphatic rings. The molecule has 5 nitrogen and oxygen atoms in total. The maximum absolute atomic E-state index is 13.2. The van der Waals surface area contributed by atoms with Crippen LogP contribution in [0.4, 0.5) is 8.78 Å². The first-order valence-electron chi connectivity index (χ1n) is 5.56. The molecule has 0 unspecified atom stereocenters. The predicted molar refractivity (Wildman–Crippen MR) is 62.0 cm³/mol. The Labute approximate surface area is 107 Å². The van der Waals surface area contributed by atoms with Crippen LogP contribution in [0.5, 0.6) is 0 Å². The summed E-state index contributed by atoms with van der Waals surface area (Å²) in [4.78, 5) is 11.5. The minimum atomic E-state index is -0.729. The number of ether oxygens (including phenoxy) is 1. The van der Waals surface area contributed by atoms with Crippen molar-refractivity contribution >= 4 is 5.97 Å². The Balaban J connectivity index is 2.56. The van der Waals surface area contributed by atoms with Crippen molar-refractivity contribution in [1.29, 1.82) is 0 Å². The smallest absolute Gasteiger partial charge is 0.360 e. The van der Waals surface area contributed by atoms with Gasteiger partial charge in [0.1, 0.15) is 11.6 Å². The molecule has 0 atom stereocenters. The third-order valence-corrected chi connectivity index (χ3v) is 2.57. The lowest BCUT2D eigenvalue weighted by atomic mass is 10.2. The van der Waals surface area contributed by atoms with Crippen LogP contribution in [0.3, 0.4) is 0 Å². The first kappa shape index (κ1) is 13.1. The van der Waals surface area contributed by atoms with Gasteiger partial charge in [-0.3, -0.25) is 0 Å². The van der Waals surface area contributed by atoms with Gasteiger partial charge >= 0.3 is 5.97 Å². The fourth-order valence-electron chi connectivity index (χ4n) is 1.74. The van der Waals surface area contributed by atoms with Gasteiger partial charge in [0, 0.05) is 6.07 Å². The van der Waals surface area contributed by atoms with E-state index in [0.29, 0.717) is 12.1 Å². The van der Waals surface area contributed by atoms with Crippen molar-refractivity contribution in [3.8, 4) is 5.69 Å². The molecule has 0 bridgehead atoms. The molecule has 0 amide bonds. The number of methoxy groups -OCH3 is 1. The molecule has 100 valence electrons. The zero-order chi connectivity index (χ0) is 14.0. The zero-order valence-electron chi connectivity index (χ0n) is 10.4. The van der Waals surface area contributed by atoms with E-state index in [1.807, 2.05) is 0 Å². The quantitative estimate of drug-likeness (QED) is 0.797. The van der Waals surface area contributed by atoms with Gasteiger partial charge in [0.2, 0.25) is 0 Å². The second-order valence-corrected chi connectivity index (χ2v) is 3.77. The second-order valence-electron chi connectivity index (χ2n) is 3.77. The summed E-state index contributed by atoms with van der Waals surface area (Å²) in [5.74, 6) is -2.10. The average Bonchev–Trinajstić information content (AvgIpc) is 2.80. The Hall–Kier alpha value is -2.31. The molecular weight excluding hydrogens is 256 g/mol. The van der Waals surface area contributed by atoms with Crippen LogP contribution in [0.15, 0.2) is 18.2 Å². The molecule has 2 rings (SSSR count). The van der Waals surface area contributed by atoms with E-state index in [4.69, 9.17) is 0 Å². The summed E-state index contributed by atoms with van der Waals surface area (Å²) in [5, 5.41) is 7.43. The third kappa shape index (κ3) is 2.44. The maximum Gasteiger partial charge on any atom is 0.360 e. The summed E-state index contributed by atoms with van der Waals surface area (Å²) in [6.07, 6.45) is 0.412. The molecule has 7 heteroatoms. The van der Waals surface area contributed by atoms with Gasteiger partial charge in [-0.25, -0.2) is 18.3 Å². The Morgan fingerprint density at radius 2 is 1.95 bits per heavy atom. The second kappa shape index (κ2) is 5.13. The Morgan fingerprint density at radius 1 is 1.32 bits per heavy atom. The van der Waals surface area contributed by atoms with Gasteiger partial charge in [-0.15, -0.1) is 5.10 Å². The van der Waals surface area contributed by atoms with E-state index < -0.39 is 17.6 Å². The monoisotopic (exact) mass is 267 g/mol. The topological polar surface area (TPSA) is 57.0 Å². The average molecular weight is 267 g/mol. The standard InChI is InChI=1S/C12H11F2N3O2/c1-3-10-11(12(18)19-2)15-16-17(10)9-5-7(13)4-8(14)6-9/h4-6H,3H2,1-2H3. The molecule has 0 saturated carbocycles. The number of carbonyl (C=O) groups is 1. The minimum absolute atomic E-state index is 0.0367. The maximum atomic E-state index is 13.2. The zero-order valence-corrected chi connectivity index (χ0v) is 10.4. The van der Waals surface area contributed by atoms with Crippen LogP contribution >= 0.6 is 0 Å². The fraction of sp³-hybridized carbons (Fsp3) is 0.250. The number of aromatic nitrogens is 3. The molecule has 2 aromatic rings. The molecule has 0 N–H and O–H groups in total. The van der Waals surface area contributed by atoms with E-state index in [0.717, 1.165) is 18.2 Å². The van der Waals surface area contributed by atoms with Gasteiger partial charge in [-0.1, -0.05) is 12.1 Å². The third-order valence-electron chi connectivity index (χ3n) is 2.57. The number of carbonyl (C=O) groups excluding carboxylic acids is 1. The van der Waals surface area contributed by atoms with Crippen LogP contribution < -0.4 is 0 Å². The molecule has 0 aliphatic heterocycles. The van der Waals surface area contributed by atoms with Gasteiger partial charge in [0.25, 0.3) is 0 Å². The largest absolute Gasteiger partial charge is 0.464 e. The van der Waals surface area contributed by atoms with Crippen LogP contribution in [0.1, 0.15) is 23.1 Å². The molecule has 0 radical (unpaired) electrons. The molecule has 0 saturated heterocycles. The SMILES string of the molecule is CCc1c(C(=O)OC)nnn1-c1cc(F)cc(F)c1. The highest BCUT2D eigenvalue weighted by Gasteiger charge is 2.20. The van der Waals surface area contributed by atoms with E-state index in [-0.39, 0.29) is 11.4 Å². The van der Waals surface area contributed by atoms with Gasteiger partial charge in [-0.2, -0.15) is 0 Å². The highest BCUT2D eigenvalue weighted by molar-refractivity contribution is 5.88. The molecule has 0 spiro atoms. The van der Waals surface area contributed by atoms with Crippen molar-refractivity contribution < 1.29 is 18.3 Å². The van der Waals surface area contributed by atoms with E-state index in [2.05, 4.69) is 15.0 Å². The summed E-state index contributed by atoms with van der Waals surface area (Å²) >= 11 is 0. The number of hydrogen-bond donors (Lipinski definition) is 0. The van der Waals surface area contributed by atoms with Gasteiger partial charge in [-0.05, 0) is 18.6 Å². The van der Waals surface area contributed by atoms with Crippen LogP contribution in [-0.2, 0) is 11.2 Å². The number of rotatable bonds is 3. The van der Waals surface area contributed by atoms with Crippen molar-refractivity contribution in [1.82, 2.24) is 15.0 Å². The van der Waals surface area contributed by atoms with E-state index in [1.54, 1.807) is 6.92 Å². The lowest BCUT2D eigenvalue weighted by Crippen LogP contribution is -2.08. The highest BCUT2D eigenvalue weighted by Crippen LogP contribution is 2.17. The Kier molecular flexibility index (Phi) is 3.55. The van der Waals surface area contributed by atoms with Crippen molar-refractivity contribution in [2.24, 2.45) is 0 Å². The van der Waals surface area contributed by atoms with Crippen LogP contribution in [-0.4, -0.2) is 28.1 Å². The van der Waals surface area contributed by atoms with Crippen molar-refractivity contribution in [3.63, 3.8) is 0 Å². The predicted octanol–water partition coefficient (Wildman–Crippen LogP) is 1.89. The van der Waals surface area contributed by atoms with Crippen molar-refractivity contribution in [2.45, 2.75) is 13.3 Å². The first-order chi connectivity index (χ1) is 9.06. The summed E-state index contributed by atoms with van der Waals surface area (Å²) in [5.41, 5.74) is 0.628. The number of benzene rings is 1. The number of halogens is 2. The summed E-state index contributed by atoms with van der Waals surface area (Å²) < 4.78 is 32.2. The van der Waals surface area contributed by atoms with Crippen LogP contribution in [0.2, 0.25) is 0 Å². The van der Waals surface area contributed by atoms with Crippen LogP contribution in [0, 0.1) is 11.6 Å². The van der Waals surface area contributed by atoms with E-state index in [1.165, 1.54) is 11.8 Å². The minimum Gasteiger partial charge on any atom is -0.464 e. The summed E-state index contributed by atoms with van der Waals surface area (Å²) in [7, 11) is 1.22. The molecule has 0 fully saturated rings. The molecule has 1 aromatic heterocycles. The molecule has 1 heterocycles.